The normalized spacial score (nSPS) is 14.3. The van der Waals surface area contributed by atoms with E-state index in [0.717, 1.165) is 29.0 Å². The Bertz CT molecular complexity index is 1100. The van der Waals surface area contributed by atoms with Crippen molar-refractivity contribution in [3.63, 3.8) is 0 Å². The van der Waals surface area contributed by atoms with Gasteiger partial charge in [0.1, 0.15) is 12.1 Å². The summed E-state index contributed by atoms with van der Waals surface area (Å²) in [6.45, 7) is 7.83. The largest absolute Gasteiger partial charge is 0.352 e. The summed E-state index contributed by atoms with van der Waals surface area (Å²) < 4.78 is 0. The van der Waals surface area contributed by atoms with Gasteiger partial charge in [0.15, 0.2) is 0 Å². The molecule has 0 radical (unpaired) electrons. The lowest BCUT2D eigenvalue weighted by atomic mass is 10.0. The number of anilines is 1. The van der Waals surface area contributed by atoms with Gasteiger partial charge in [-0.2, -0.15) is 0 Å². The molecule has 12 nitrogen and oxygen atoms in total. The van der Waals surface area contributed by atoms with E-state index in [9.17, 15) is 28.8 Å². The van der Waals surface area contributed by atoms with E-state index in [1.807, 2.05) is 12.1 Å². The maximum absolute atomic E-state index is 13.2. The summed E-state index contributed by atoms with van der Waals surface area (Å²) in [5.41, 5.74) is 6.82. The second kappa shape index (κ2) is 15.4. The summed E-state index contributed by atoms with van der Waals surface area (Å²) in [6, 6.07) is 4.85. The molecule has 0 saturated carbocycles. The van der Waals surface area contributed by atoms with Crippen molar-refractivity contribution < 1.29 is 28.8 Å². The fourth-order valence-electron chi connectivity index (χ4n) is 4.12. The number of nitrogens with zero attached hydrogens (tertiary/aromatic N) is 1. The Balaban J connectivity index is 2.04. The number of urea groups is 1. The third-order valence-corrected chi connectivity index (χ3v) is 6.20. The van der Waals surface area contributed by atoms with Crippen LogP contribution in [0, 0.1) is 11.8 Å². The molecule has 2 atom stereocenters. The van der Waals surface area contributed by atoms with Crippen LogP contribution in [-0.2, 0) is 30.4 Å². The zero-order valence-corrected chi connectivity index (χ0v) is 23.5. The first kappa shape index (κ1) is 32.0. The maximum atomic E-state index is 13.2. The minimum absolute atomic E-state index is 0.114. The zero-order chi connectivity index (χ0) is 29.8. The molecule has 1 aliphatic heterocycles. The van der Waals surface area contributed by atoms with Gasteiger partial charge in [0, 0.05) is 37.3 Å². The van der Waals surface area contributed by atoms with Crippen molar-refractivity contribution in [3.05, 3.63) is 42.0 Å². The molecule has 12 heteroatoms. The summed E-state index contributed by atoms with van der Waals surface area (Å²) in [4.78, 5) is 74.3. The van der Waals surface area contributed by atoms with Gasteiger partial charge < -0.3 is 27.0 Å². The van der Waals surface area contributed by atoms with Gasteiger partial charge in [-0.3, -0.25) is 28.9 Å². The molecule has 0 bridgehead atoms. The standard InChI is InChI=1S/C28H40N6O6/c1-17(2)16-19-7-9-20(10-8-19)31-26(38)21(6-5-14-30-28(29)40)32-27(39)25(18(3)4)33-22(35)13-15-34-23(36)11-12-24(34)37/h7-12,17-18,21,25H,5-6,13-16H2,1-4H3,(H,31,38)(H,32,39)(H,33,35)(H3,29,30,40)/t21-,25-/m0/s1. The Kier molecular flexibility index (Phi) is 12.3. The van der Waals surface area contributed by atoms with Crippen molar-refractivity contribution in [1.82, 2.24) is 20.9 Å². The van der Waals surface area contributed by atoms with E-state index in [-0.39, 0.29) is 31.8 Å². The number of benzene rings is 1. The average molecular weight is 557 g/mol. The second-order valence-corrected chi connectivity index (χ2v) is 10.5. The molecule has 2 rings (SSSR count). The lowest BCUT2D eigenvalue weighted by Crippen LogP contribution is -2.54. The van der Waals surface area contributed by atoms with Gasteiger partial charge in [-0.05, 0) is 48.8 Å². The van der Waals surface area contributed by atoms with E-state index in [1.165, 1.54) is 0 Å². The molecule has 0 unspecified atom stereocenters. The van der Waals surface area contributed by atoms with Crippen molar-refractivity contribution >= 4 is 41.3 Å². The van der Waals surface area contributed by atoms with Gasteiger partial charge in [0.25, 0.3) is 11.8 Å². The van der Waals surface area contributed by atoms with E-state index in [0.29, 0.717) is 18.0 Å². The van der Waals surface area contributed by atoms with Crippen LogP contribution in [0.2, 0.25) is 0 Å². The number of primary amides is 1. The first-order valence-electron chi connectivity index (χ1n) is 13.4. The highest BCUT2D eigenvalue weighted by molar-refractivity contribution is 6.13. The first-order valence-corrected chi connectivity index (χ1v) is 13.4. The number of amides is 7. The first-order chi connectivity index (χ1) is 18.9. The highest BCUT2D eigenvalue weighted by Crippen LogP contribution is 2.14. The number of imide groups is 1. The van der Waals surface area contributed by atoms with Crippen LogP contribution in [0.4, 0.5) is 10.5 Å². The zero-order valence-electron chi connectivity index (χ0n) is 23.5. The smallest absolute Gasteiger partial charge is 0.312 e. The third kappa shape index (κ3) is 10.5. The molecule has 0 fully saturated rings. The molecule has 1 aromatic carbocycles. The summed E-state index contributed by atoms with van der Waals surface area (Å²) >= 11 is 0. The SMILES string of the molecule is CC(C)Cc1ccc(NC(=O)[C@H](CCCNC(N)=O)NC(=O)[C@@H](NC(=O)CCN2C(=O)C=CC2=O)C(C)C)cc1. The topological polar surface area (TPSA) is 180 Å². The monoisotopic (exact) mass is 556 g/mol. The summed E-state index contributed by atoms with van der Waals surface area (Å²) in [7, 11) is 0. The molecule has 0 saturated heterocycles. The van der Waals surface area contributed by atoms with Gasteiger partial charge in [-0.15, -0.1) is 0 Å². The van der Waals surface area contributed by atoms with Crippen LogP contribution in [0.25, 0.3) is 0 Å². The van der Waals surface area contributed by atoms with Crippen molar-refractivity contribution in [2.45, 2.75) is 65.5 Å². The summed E-state index contributed by atoms with van der Waals surface area (Å²) in [6.07, 6.45) is 3.56. The minimum Gasteiger partial charge on any atom is -0.352 e. The molecular weight excluding hydrogens is 516 g/mol. The molecular formula is C28H40N6O6. The molecule has 0 aliphatic carbocycles. The van der Waals surface area contributed by atoms with Gasteiger partial charge in [0.2, 0.25) is 17.7 Å². The van der Waals surface area contributed by atoms with Crippen LogP contribution in [0.3, 0.4) is 0 Å². The van der Waals surface area contributed by atoms with Crippen molar-refractivity contribution in [2.24, 2.45) is 17.6 Å². The summed E-state index contributed by atoms with van der Waals surface area (Å²) in [5.74, 6) is -2.35. The molecule has 40 heavy (non-hydrogen) atoms. The van der Waals surface area contributed by atoms with E-state index >= 15 is 0 Å². The Morgan fingerprint density at radius 1 is 0.900 bits per heavy atom. The maximum Gasteiger partial charge on any atom is 0.312 e. The summed E-state index contributed by atoms with van der Waals surface area (Å²) in [5, 5.41) is 10.6. The Morgan fingerprint density at radius 3 is 2.08 bits per heavy atom. The Hall–Kier alpha value is -4.22. The molecule has 1 aromatic rings. The van der Waals surface area contributed by atoms with Crippen LogP contribution in [0.15, 0.2) is 36.4 Å². The molecule has 1 heterocycles. The number of nitrogens with two attached hydrogens (primary N) is 1. The number of carbonyl (C=O) groups is 6. The predicted octanol–water partition coefficient (Wildman–Crippen LogP) is 1.21. The number of hydrogen-bond acceptors (Lipinski definition) is 6. The fourth-order valence-corrected chi connectivity index (χ4v) is 4.12. The molecule has 1 aliphatic rings. The van der Waals surface area contributed by atoms with Crippen molar-refractivity contribution in [3.8, 4) is 0 Å². The van der Waals surface area contributed by atoms with Crippen LogP contribution in [0.1, 0.15) is 52.5 Å². The lowest BCUT2D eigenvalue weighted by molar-refractivity contribution is -0.137. The fraction of sp³-hybridized carbons (Fsp3) is 0.500. The Morgan fingerprint density at radius 2 is 1.52 bits per heavy atom. The van der Waals surface area contributed by atoms with Crippen LogP contribution >= 0.6 is 0 Å². The third-order valence-electron chi connectivity index (χ3n) is 6.20. The van der Waals surface area contributed by atoms with E-state index < -0.39 is 47.7 Å². The second-order valence-electron chi connectivity index (χ2n) is 10.5. The van der Waals surface area contributed by atoms with E-state index in [1.54, 1.807) is 26.0 Å². The van der Waals surface area contributed by atoms with Crippen LogP contribution in [0.5, 0.6) is 0 Å². The highest BCUT2D eigenvalue weighted by atomic mass is 16.2. The van der Waals surface area contributed by atoms with Crippen LogP contribution < -0.4 is 27.0 Å². The number of hydrogen-bond donors (Lipinski definition) is 5. The van der Waals surface area contributed by atoms with Gasteiger partial charge in [0.05, 0.1) is 0 Å². The number of nitrogens with one attached hydrogen (secondary N) is 4. The predicted molar refractivity (Wildman–Crippen MR) is 150 cm³/mol. The number of carbonyl (C=O) groups excluding carboxylic acids is 6. The molecule has 218 valence electrons. The van der Waals surface area contributed by atoms with Gasteiger partial charge >= 0.3 is 6.03 Å². The van der Waals surface area contributed by atoms with Crippen molar-refractivity contribution in [2.75, 3.05) is 18.4 Å². The minimum atomic E-state index is -0.968. The van der Waals surface area contributed by atoms with E-state index in [4.69, 9.17) is 5.73 Å². The van der Waals surface area contributed by atoms with Gasteiger partial charge in [-0.25, -0.2) is 4.79 Å². The number of rotatable bonds is 15. The quantitative estimate of drug-likeness (QED) is 0.160. The van der Waals surface area contributed by atoms with Crippen molar-refractivity contribution in [1.29, 1.82) is 0 Å². The molecule has 0 spiro atoms. The van der Waals surface area contributed by atoms with E-state index in [2.05, 4.69) is 35.1 Å². The highest BCUT2D eigenvalue weighted by Gasteiger charge is 2.30. The average Bonchev–Trinajstić information content (AvgIpc) is 3.20. The van der Waals surface area contributed by atoms with Gasteiger partial charge in [-0.1, -0.05) is 39.8 Å². The molecule has 6 N–H and O–H groups in total. The molecule has 7 amide bonds. The molecule has 0 aromatic heterocycles. The lowest BCUT2D eigenvalue weighted by Gasteiger charge is -2.25. The van der Waals surface area contributed by atoms with Crippen LogP contribution in [-0.4, -0.2) is 65.6 Å². The Labute approximate surface area is 234 Å².